The van der Waals surface area contributed by atoms with E-state index in [9.17, 15) is 9.18 Å². The van der Waals surface area contributed by atoms with Crippen LogP contribution in [0, 0.1) is 5.82 Å². The first-order valence-corrected chi connectivity index (χ1v) is 9.49. The maximum absolute atomic E-state index is 14.2. The van der Waals surface area contributed by atoms with Gasteiger partial charge in [0.15, 0.2) is 5.13 Å². The van der Waals surface area contributed by atoms with Crippen LogP contribution in [0.15, 0.2) is 42.5 Å². The van der Waals surface area contributed by atoms with Crippen LogP contribution in [0.5, 0.6) is 0 Å². The third kappa shape index (κ3) is 3.68. The molecule has 7 heteroatoms. The van der Waals surface area contributed by atoms with E-state index in [4.69, 9.17) is 9.72 Å². The zero-order valence-corrected chi connectivity index (χ0v) is 15.6. The smallest absolute Gasteiger partial charge is 0.356 e. The molecule has 5 nitrogen and oxygen atoms in total. The molecule has 0 atom stereocenters. The Morgan fingerprint density at radius 3 is 2.96 bits per heavy atom. The summed E-state index contributed by atoms with van der Waals surface area (Å²) in [4.78, 5) is 23.0. The predicted molar refractivity (Wildman–Crippen MR) is 104 cm³/mol. The molecule has 0 amide bonds. The summed E-state index contributed by atoms with van der Waals surface area (Å²) in [6, 6.07) is 8.18. The third-order valence-corrected chi connectivity index (χ3v) is 5.49. The Bertz CT molecular complexity index is 1030. The van der Waals surface area contributed by atoms with Crippen LogP contribution in [0.2, 0.25) is 0 Å². The van der Waals surface area contributed by atoms with E-state index in [2.05, 4.69) is 22.0 Å². The second-order valence-corrected chi connectivity index (χ2v) is 7.31. The van der Waals surface area contributed by atoms with Crippen molar-refractivity contribution in [2.45, 2.75) is 12.8 Å². The molecule has 0 fully saturated rings. The Morgan fingerprint density at radius 2 is 2.19 bits per heavy atom. The lowest BCUT2D eigenvalue weighted by Crippen LogP contribution is -2.26. The quantitative estimate of drug-likeness (QED) is 0.504. The molecule has 3 heterocycles. The minimum absolute atomic E-state index is 0.238. The lowest BCUT2D eigenvalue weighted by atomic mass is 10.1. The largest absolute Gasteiger partial charge is 0.464 e. The molecule has 138 valence electrons. The Morgan fingerprint density at radius 1 is 1.30 bits per heavy atom. The van der Waals surface area contributed by atoms with Crippen molar-refractivity contribution in [1.29, 1.82) is 0 Å². The summed E-state index contributed by atoms with van der Waals surface area (Å²) < 4.78 is 19.7. The van der Waals surface area contributed by atoms with Crippen molar-refractivity contribution >= 4 is 32.7 Å². The molecule has 1 aliphatic rings. The van der Waals surface area contributed by atoms with E-state index in [1.165, 1.54) is 30.6 Å². The Balaban J connectivity index is 1.70. The number of esters is 1. The molecule has 0 bridgehead atoms. The highest BCUT2D eigenvalue weighted by Gasteiger charge is 2.17. The van der Waals surface area contributed by atoms with Crippen molar-refractivity contribution in [2.75, 3.05) is 25.1 Å². The number of methoxy groups -OCH3 is 1. The van der Waals surface area contributed by atoms with Crippen molar-refractivity contribution in [3.05, 3.63) is 65.3 Å². The van der Waals surface area contributed by atoms with Gasteiger partial charge in [0, 0.05) is 25.2 Å². The molecule has 2 aromatic heterocycles. The fraction of sp³-hybridized carbons (Fsp3) is 0.250. The lowest BCUT2D eigenvalue weighted by Gasteiger charge is -2.22. The summed E-state index contributed by atoms with van der Waals surface area (Å²) in [5, 5.41) is 0.900. The number of carbonyl (C=O) groups is 1. The van der Waals surface area contributed by atoms with Gasteiger partial charge in [-0.05, 0) is 36.2 Å². The summed E-state index contributed by atoms with van der Waals surface area (Å²) in [6.45, 7) is 1.73. The number of nitrogens with zero attached hydrogens (tertiary/aromatic N) is 3. The highest BCUT2D eigenvalue weighted by atomic mass is 32.1. The highest BCUT2D eigenvalue weighted by Crippen LogP contribution is 2.33. The van der Waals surface area contributed by atoms with Crippen molar-refractivity contribution < 1.29 is 13.9 Å². The van der Waals surface area contributed by atoms with E-state index in [0.717, 1.165) is 40.4 Å². The number of ether oxygens (including phenoxy) is 1. The second kappa shape index (κ2) is 7.44. The summed E-state index contributed by atoms with van der Waals surface area (Å²) in [5.74, 6) is -0.786. The number of fused-ring (bicyclic) bond motifs is 1. The molecule has 0 saturated carbocycles. The SMILES string of the molecule is COC(=O)c1cccc(Cc2cc(F)cc3sc(N4CC=CCC4)nc23)n1. The van der Waals surface area contributed by atoms with Crippen LogP contribution in [-0.2, 0) is 11.2 Å². The zero-order valence-electron chi connectivity index (χ0n) is 14.8. The molecule has 0 saturated heterocycles. The number of hydrogen-bond donors (Lipinski definition) is 0. The van der Waals surface area contributed by atoms with Crippen LogP contribution in [0.25, 0.3) is 10.2 Å². The predicted octanol–water partition coefficient (Wildman–Crippen LogP) is 3.97. The molecule has 1 aliphatic heterocycles. The molecule has 0 radical (unpaired) electrons. The first-order valence-electron chi connectivity index (χ1n) is 8.67. The van der Waals surface area contributed by atoms with E-state index in [1.54, 1.807) is 12.1 Å². The van der Waals surface area contributed by atoms with E-state index >= 15 is 0 Å². The van der Waals surface area contributed by atoms with Gasteiger partial charge < -0.3 is 9.64 Å². The second-order valence-electron chi connectivity index (χ2n) is 6.30. The van der Waals surface area contributed by atoms with E-state index < -0.39 is 5.97 Å². The number of benzene rings is 1. The van der Waals surface area contributed by atoms with Gasteiger partial charge in [-0.1, -0.05) is 29.6 Å². The lowest BCUT2D eigenvalue weighted by molar-refractivity contribution is 0.0593. The van der Waals surface area contributed by atoms with Crippen LogP contribution in [-0.4, -0.2) is 36.1 Å². The number of rotatable bonds is 4. The van der Waals surface area contributed by atoms with Gasteiger partial charge in [-0.15, -0.1) is 0 Å². The fourth-order valence-electron chi connectivity index (χ4n) is 3.13. The average molecular weight is 383 g/mol. The first kappa shape index (κ1) is 17.6. The van der Waals surface area contributed by atoms with Gasteiger partial charge in [-0.3, -0.25) is 0 Å². The maximum Gasteiger partial charge on any atom is 0.356 e. The fourth-order valence-corrected chi connectivity index (χ4v) is 4.20. The Labute approximate surface area is 160 Å². The topological polar surface area (TPSA) is 55.3 Å². The van der Waals surface area contributed by atoms with Gasteiger partial charge in [0.2, 0.25) is 0 Å². The van der Waals surface area contributed by atoms with Gasteiger partial charge in [-0.2, -0.15) is 0 Å². The van der Waals surface area contributed by atoms with Crippen molar-refractivity contribution in [2.24, 2.45) is 0 Å². The monoisotopic (exact) mass is 383 g/mol. The molecule has 0 N–H and O–H groups in total. The van der Waals surface area contributed by atoms with Gasteiger partial charge in [0.1, 0.15) is 11.5 Å². The molecule has 3 aromatic rings. The van der Waals surface area contributed by atoms with E-state index in [0.29, 0.717) is 12.1 Å². The van der Waals surface area contributed by atoms with Crippen molar-refractivity contribution in [3.63, 3.8) is 0 Å². The minimum Gasteiger partial charge on any atom is -0.464 e. The van der Waals surface area contributed by atoms with E-state index in [-0.39, 0.29) is 11.5 Å². The van der Waals surface area contributed by atoms with Gasteiger partial charge in [0.05, 0.1) is 17.3 Å². The number of aromatic nitrogens is 2. The first-order chi connectivity index (χ1) is 13.1. The Kier molecular flexibility index (Phi) is 4.85. The normalized spacial score (nSPS) is 13.9. The minimum atomic E-state index is -0.490. The molecule has 1 aromatic carbocycles. The summed E-state index contributed by atoms with van der Waals surface area (Å²) in [5.41, 5.74) is 2.45. The summed E-state index contributed by atoms with van der Waals surface area (Å²) in [7, 11) is 1.32. The molecule has 0 spiro atoms. The Hall–Kier alpha value is -2.80. The summed E-state index contributed by atoms with van der Waals surface area (Å²) >= 11 is 1.50. The standard InChI is InChI=1S/C20H18FN3O2S/c1-26-19(25)16-7-5-6-15(22-16)11-13-10-14(21)12-17-18(13)23-20(27-17)24-8-3-2-4-9-24/h2-3,5-7,10,12H,4,8-9,11H2,1H3. The molecule has 4 rings (SSSR count). The molecule has 0 aliphatic carbocycles. The molecule has 0 unspecified atom stereocenters. The van der Waals surface area contributed by atoms with Gasteiger partial charge >= 0.3 is 5.97 Å². The van der Waals surface area contributed by atoms with Crippen LogP contribution < -0.4 is 4.90 Å². The van der Waals surface area contributed by atoms with Crippen LogP contribution in [0.3, 0.4) is 0 Å². The number of thiazole rings is 1. The molecule has 27 heavy (non-hydrogen) atoms. The summed E-state index contributed by atoms with van der Waals surface area (Å²) in [6.07, 6.45) is 5.66. The third-order valence-electron chi connectivity index (χ3n) is 4.43. The molecular formula is C20H18FN3O2S. The number of hydrogen-bond acceptors (Lipinski definition) is 6. The van der Waals surface area contributed by atoms with Crippen molar-refractivity contribution in [1.82, 2.24) is 9.97 Å². The van der Waals surface area contributed by atoms with Crippen LogP contribution in [0.4, 0.5) is 9.52 Å². The maximum atomic E-state index is 14.2. The number of carbonyl (C=O) groups excluding carboxylic acids is 1. The van der Waals surface area contributed by atoms with Gasteiger partial charge in [-0.25, -0.2) is 19.2 Å². The number of halogens is 1. The van der Waals surface area contributed by atoms with E-state index in [1.807, 2.05) is 6.07 Å². The van der Waals surface area contributed by atoms with Crippen LogP contribution in [0.1, 0.15) is 28.2 Å². The molecular weight excluding hydrogens is 365 g/mol. The van der Waals surface area contributed by atoms with Gasteiger partial charge in [0.25, 0.3) is 0 Å². The van der Waals surface area contributed by atoms with Crippen LogP contribution >= 0.6 is 11.3 Å². The zero-order chi connectivity index (χ0) is 18.8. The van der Waals surface area contributed by atoms with Crippen molar-refractivity contribution in [3.8, 4) is 0 Å². The number of anilines is 1. The average Bonchev–Trinajstić information content (AvgIpc) is 3.12. The number of pyridine rings is 1. The highest BCUT2D eigenvalue weighted by molar-refractivity contribution is 7.22.